The third kappa shape index (κ3) is 1.95. The van der Waals surface area contributed by atoms with Crippen molar-refractivity contribution in [3.05, 3.63) is 34.4 Å². The van der Waals surface area contributed by atoms with Crippen LogP contribution in [0.25, 0.3) is 0 Å². The van der Waals surface area contributed by atoms with Crippen molar-refractivity contribution in [1.29, 1.82) is 0 Å². The van der Waals surface area contributed by atoms with Crippen LogP contribution < -0.4 is 0 Å². The van der Waals surface area contributed by atoms with Crippen molar-refractivity contribution in [3.63, 3.8) is 0 Å². The molecule has 1 aliphatic carbocycles. The maximum atomic E-state index is 2.38. The summed E-state index contributed by atoms with van der Waals surface area (Å²) in [5.41, 5.74) is 6.41. The minimum Gasteiger partial charge on any atom is -0.0622 e. The van der Waals surface area contributed by atoms with Crippen molar-refractivity contribution in [1.82, 2.24) is 0 Å². The number of hydrogen-bond acceptors (Lipinski definition) is 0. The minimum atomic E-state index is 0.671. The largest absolute Gasteiger partial charge is 0.0622 e. The first kappa shape index (κ1) is 10.7. The van der Waals surface area contributed by atoms with Crippen molar-refractivity contribution in [2.24, 2.45) is 5.92 Å². The molecule has 0 saturated carbocycles. The zero-order valence-electron chi connectivity index (χ0n) is 10.4. The molecular formula is C15H22. The normalized spacial score (nSPS) is 20.5. The van der Waals surface area contributed by atoms with Crippen LogP contribution in [0.3, 0.4) is 0 Å². The third-order valence-electron chi connectivity index (χ3n) is 3.76. The quantitative estimate of drug-likeness (QED) is 0.639. The van der Waals surface area contributed by atoms with E-state index in [2.05, 4.69) is 39.8 Å². The molecule has 1 unspecified atom stereocenters. The van der Waals surface area contributed by atoms with Crippen LogP contribution in [0.15, 0.2) is 12.1 Å². The third-order valence-corrected chi connectivity index (χ3v) is 3.76. The highest BCUT2D eigenvalue weighted by Gasteiger charge is 2.20. The van der Waals surface area contributed by atoms with Crippen LogP contribution in [-0.2, 0) is 12.8 Å². The molecular weight excluding hydrogens is 180 g/mol. The second-order valence-corrected chi connectivity index (χ2v) is 5.43. The molecule has 0 heterocycles. The van der Waals surface area contributed by atoms with Crippen molar-refractivity contribution < 1.29 is 0 Å². The van der Waals surface area contributed by atoms with Crippen molar-refractivity contribution in [2.75, 3.05) is 0 Å². The van der Waals surface area contributed by atoms with Crippen LogP contribution in [0.1, 0.15) is 55.4 Å². The number of fused-ring (bicyclic) bond motifs is 1. The van der Waals surface area contributed by atoms with E-state index in [0.29, 0.717) is 5.92 Å². The summed E-state index contributed by atoms with van der Waals surface area (Å²) in [6, 6.07) is 4.65. The molecule has 0 amide bonds. The van der Waals surface area contributed by atoms with Crippen molar-refractivity contribution in [2.45, 2.75) is 52.9 Å². The summed E-state index contributed by atoms with van der Waals surface area (Å²) in [6.07, 6.45) is 3.96. The van der Waals surface area contributed by atoms with Gasteiger partial charge in [0.2, 0.25) is 0 Å². The summed E-state index contributed by atoms with van der Waals surface area (Å²) in [4.78, 5) is 0. The predicted molar refractivity (Wildman–Crippen MR) is 66.5 cm³/mol. The summed E-state index contributed by atoms with van der Waals surface area (Å²) in [6.45, 7) is 9.27. The first-order valence-electron chi connectivity index (χ1n) is 6.21. The summed E-state index contributed by atoms with van der Waals surface area (Å²) in [5.74, 6) is 1.54. The Balaban J connectivity index is 2.51. The molecule has 2 rings (SSSR count). The highest BCUT2D eigenvalue weighted by molar-refractivity contribution is 5.43. The van der Waals surface area contributed by atoms with Gasteiger partial charge in [-0.25, -0.2) is 0 Å². The Morgan fingerprint density at radius 3 is 2.60 bits per heavy atom. The molecule has 0 N–H and O–H groups in total. The lowest BCUT2D eigenvalue weighted by Crippen LogP contribution is -2.15. The fourth-order valence-electron chi connectivity index (χ4n) is 2.80. The van der Waals surface area contributed by atoms with Crippen LogP contribution >= 0.6 is 0 Å². The first-order chi connectivity index (χ1) is 7.09. The average Bonchev–Trinajstić information content (AvgIpc) is 2.17. The zero-order valence-corrected chi connectivity index (χ0v) is 10.4. The summed E-state index contributed by atoms with van der Waals surface area (Å²) in [7, 11) is 0. The van der Waals surface area contributed by atoms with E-state index in [4.69, 9.17) is 0 Å². The highest BCUT2D eigenvalue weighted by atomic mass is 14.2. The molecule has 1 aromatic carbocycles. The Morgan fingerprint density at radius 1 is 1.20 bits per heavy atom. The van der Waals surface area contributed by atoms with Gasteiger partial charge in [0.05, 0.1) is 0 Å². The molecule has 1 aliphatic rings. The molecule has 0 aliphatic heterocycles. The molecule has 0 spiro atoms. The second kappa shape index (κ2) is 4.00. The van der Waals surface area contributed by atoms with Crippen molar-refractivity contribution >= 4 is 0 Å². The number of hydrogen-bond donors (Lipinski definition) is 0. The number of rotatable bonds is 1. The molecule has 1 atom stereocenters. The maximum absolute atomic E-state index is 2.38. The van der Waals surface area contributed by atoms with Gasteiger partial charge in [0.1, 0.15) is 0 Å². The molecule has 0 radical (unpaired) electrons. The van der Waals surface area contributed by atoms with Gasteiger partial charge in [0, 0.05) is 0 Å². The van der Waals surface area contributed by atoms with Gasteiger partial charge in [-0.1, -0.05) is 32.9 Å². The summed E-state index contributed by atoms with van der Waals surface area (Å²) < 4.78 is 0. The van der Waals surface area contributed by atoms with E-state index in [1.165, 1.54) is 24.8 Å². The van der Waals surface area contributed by atoms with Gasteiger partial charge < -0.3 is 0 Å². The van der Waals surface area contributed by atoms with Crippen LogP contribution in [0, 0.1) is 12.8 Å². The monoisotopic (exact) mass is 202 g/mol. The van der Waals surface area contributed by atoms with Crippen molar-refractivity contribution in [3.8, 4) is 0 Å². The fraction of sp³-hybridized carbons (Fsp3) is 0.600. The summed E-state index contributed by atoms with van der Waals surface area (Å²) in [5, 5.41) is 0. The smallest absolute Gasteiger partial charge is 0.0216 e. The fourth-order valence-corrected chi connectivity index (χ4v) is 2.80. The number of benzene rings is 1. The van der Waals surface area contributed by atoms with Crippen LogP contribution in [0.2, 0.25) is 0 Å². The van der Waals surface area contributed by atoms with Crippen LogP contribution in [0.4, 0.5) is 0 Å². The standard InChI is InChI=1S/C15H22/c1-10(2)13-8-6-12(4)14-7-5-11(3)9-15(13)14/h6,8,10-11H,5,7,9H2,1-4H3. The van der Waals surface area contributed by atoms with Gasteiger partial charge in [0.15, 0.2) is 0 Å². The highest BCUT2D eigenvalue weighted by Crippen LogP contribution is 2.33. The second-order valence-electron chi connectivity index (χ2n) is 5.43. The topological polar surface area (TPSA) is 0 Å². The Bertz CT molecular complexity index is 361. The van der Waals surface area contributed by atoms with E-state index in [9.17, 15) is 0 Å². The molecule has 82 valence electrons. The molecule has 1 aromatic rings. The molecule has 0 saturated heterocycles. The minimum absolute atomic E-state index is 0.671. The maximum Gasteiger partial charge on any atom is -0.0216 e. The molecule has 0 nitrogen and oxygen atoms in total. The first-order valence-corrected chi connectivity index (χ1v) is 6.21. The van der Waals surface area contributed by atoms with E-state index in [-0.39, 0.29) is 0 Å². The predicted octanol–water partition coefficient (Wildman–Crippen LogP) is 4.24. The Kier molecular flexibility index (Phi) is 2.86. The average molecular weight is 202 g/mol. The molecule has 0 bridgehead atoms. The van der Waals surface area contributed by atoms with Crippen LogP contribution in [0.5, 0.6) is 0 Å². The molecule has 0 fully saturated rings. The molecule has 15 heavy (non-hydrogen) atoms. The molecule has 0 heteroatoms. The lowest BCUT2D eigenvalue weighted by Gasteiger charge is -2.27. The molecule has 0 aromatic heterocycles. The number of aryl methyl sites for hydroxylation is 1. The van der Waals surface area contributed by atoms with Gasteiger partial charge >= 0.3 is 0 Å². The lowest BCUT2D eigenvalue weighted by atomic mass is 9.78. The van der Waals surface area contributed by atoms with E-state index >= 15 is 0 Å². The summed E-state index contributed by atoms with van der Waals surface area (Å²) >= 11 is 0. The Morgan fingerprint density at radius 2 is 1.93 bits per heavy atom. The Hall–Kier alpha value is -0.780. The van der Waals surface area contributed by atoms with E-state index in [0.717, 1.165) is 5.92 Å². The van der Waals surface area contributed by atoms with Gasteiger partial charge in [-0.3, -0.25) is 0 Å². The van der Waals surface area contributed by atoms with E-state index in [1.54, 1.807) is 16.7 Å². The van der Waals surface area contributed by atoms with Gasteiger partial charge in [-0.15, -0.1) is 0 Å². The lowest BCUT2D eigenvalue weighted by molar-refractivity contribution is 0.495. The van der Waals surface area contributed by atoms with Gasteiger partial charge in [-0.2, -0.15) is 0 Å². The Labute approximate surface area is 93.7 Å². The van der Waals surface area contributed by atoms with Crippen LogP contribution in [-0.4, -0.2) is 0 Å². The van der Waals surface area contributed by atoms with E-state index in [1.807, 2.05) is 0 Å². The van der Waals surface area contributed by atoms with Gasteiger partial charge in [-0.05, 0) is 60.3 Å². The SMILES string of the molecule is Cc1ccc(C(C)C)c2c1CCC(C)C2. The van der Waals surface area contributed by atoms with Gasteiger partial charge in [0.25, 0.3) is 0 Å². The van der Waals surface area contributed by atoms with E-state index < -0.39 is 0 Å². The zero-order chi connectivity index (χ0) is 11.0.